The van der Waals surface area contributed by atoms with E-state index in [1.807, 2.05) is 54.0 Å². The number of hydrogen-bond acceptors (Lipinski definition) is 4. The van der Waals surface area contributed by atoms with E-state index in [1.165, 1.54) is 0 Å². The molecule has 0 aliphatic heterocycles. The van der Waals surface area contributed by atoms with Gasteiger partial charge in [-0.25, -0.2) is 23.5 Å². The number of aromatic nitrogens is 3. The molecule has 0 radical (unpaired) electrons. The van der Waals surface area contributed by atoms with E-state index in [2.05, 4.69) is 9.97 Å². The van der Waals surface area contributed by atoms with Gasteiger partial charge < -0.3 is 4.57 Å². The normalized spacial score (nSPS) is 14.6. The van der Waals surface area contributed by atoms with Crippen molar-refractivity contribution in [3.05, 3.63) is 60.6 Å². The molecule has 24 heavy (non-hydrogen) atoms. The summed E-state index contributed by atoms with van der Waals surface area (Å²) in [6.07, 6.45) is 4.12. The molecule has 2 atom stereocenters. The average molecular weight is 344 g/mol. The van der Waals surface area contributed by atoms with Crippen LogP contribution in [0.15, 0.2) is 55.0 Å². The fourth-order valence-electron chi connectivity index (χ4n) is 3.02. The van der Waals surface area contributed by atoms with Gasteiger partial charge in [-0.3, -0.25) is 0 Å². The van der Waals surface area contributed by atoms with Crippen molar-refractivity contribution in [3.63, 3.8) is 0 Å². The van der Waals surface area contributed by atoms with Gasteiger partial charge in [0.1, 0.15) is 5.52 Å². The molecule has 126 valence electrons. The van der Waals surface area contributed by atoms with Crippen LogP contribution in [-0.2, 0) is 16.4 Å². The highest BCUT2D eigenvalue weighted by atomic mass is 32.2. The van der Waals surface area contributed by atoms with Crippen LogP contribution in [-0.4, -0.2) is 28.7 Å². The number of benzene rings is 1. The van der Waals surface area contributed by atoms with E-state index in [0.29, 0.717) is 6.42 Å². The lowest BCUT2D eigenvalue weighted by atomic mass is 9.96. The summed E-state index contributed by atoms with van der Waals surface area (Å²) < 4.78 is 25.1. The Morgan fingerprint density at radius 3 is 2.58 bits per heavy atom. The van der Waals surface area contributed by atoms with Crippen molar-refractivity contribution in [2.45, 2.75) is 19.4 Å². The Kier molecular flexibility index (Phi) is 4.64. The lowest BCUT2D eigenvalue weighted by Gasteiger charge is -2.25. The number of nitrogens with two attached hydrogens (primary N) is 1. The van der Waals surface area contributed by atoms with Crippen molar-refractivity contribution in [2.75, 3.05) is 5.75 Å². The first-order chi connectivity index (χ1) is 11.4. The number of rotatable bonds is 6. The summed E-state index contributed by atoms with van der Waals surface area (Å²) in [4.78, 5) is 8.78. The van der Waals surface area contributed by atoms with Crippen molar-refractivity contribution in [2.24, 2.45) is 11.1 Å². The van der Waals surface area contributed by atoms with Crippen LogP contribution in [0.2, 0.25) is 0 Å². The second-order valence-corrected chi connectivity index (χ2v) is 7.72. The van der Waals surface area contributed by atoms with E-state index in [9.17, 15) is 8.42 Å². The van der Waals surface area contributed by atoms with Gasteiger partial charge in [0.05, 0.1) is 12.1 Å². The molecule has 2 N–H and O–H groups in total. The van der Waals surface area contributed by atoms with E-state index in [1.54, 1.807) is 12.5 Å². The van der Waals surface area contributed by atoms with E-state index in [-0.39, 0.29) is 17.7 Å². The molecule has 6 nitrogen and oxygen atoms in total. The van der Waals surface area contributed by atoms with Crippen LogP contribution in [0.5, 0.6) is 0 Å². The summed E-state index contributed by atoms with van der Waals surface area (Å²) >= 11 is 0. The largest absolute Gasteiger partial charge is 0.312 e. The third-order valence-corrected chi connectivity index (χ3v) is 5.12. The Balaban J connectivity index is 2.01. The first-order valence-electron chi connectivity index (χ1n) is 7.76. The molecule has 3 rings (SSSR count). The minimum absolute atomic E-state index is 0.0863. The summed E-state index contributed by atoms with van der Waals surface area (Å²) in [5, 5.41) is 5.27. The number of sulfonamides is 1. The molecule has 2 aromatic heterocycles. The number of imidazole rings is 1. The Morgan fingerprint density at radius 2 is 1.88 bits per heavy atom. The maximum Gasteiger partial charge on any atom is 0.209 e. The van der Waals surface area contributed by atoms with Crippen molar-refractivity contribution < 1.29 is 8.42 Å². The van der Waals surface area contributed by atoms with Gasteiger partial charge in [0, 0.05) is 12.2 Å². The predicted octanol–water partition coefficient (Wildman–Crippen LogP) is 2.14. The molecule has 7 heteroatoms. The zero-order valence-corrected chi connectivity index (χ0v) is 14.2. The van der Waals surface area contributed by atoms with Crippen molar-refractivity contribution in [3.8, 4) is 0 Å². The summed E-state index contributed by atoms with van der Waals surface area (Å²) in [5.74, 6) is -0.267. The topological polar surface area (TPSA) is 90.9 Å². The van der Waals surface area contributed by atoms with Crippen LogP contribution in [0, 0.1) is 5.92 Å². The summed E-state index contributed by atoms with van der Waals surface area (Å²) in [7, 11) is -3.56. The standard InChI is InChI=1S/C17H20N4O2S/c1-13(11-24(18,22)23)16(10-14-6-3-2-4-7-14)21-12-20-15-8-5-9-19-17(15)21/h2-9,12-13,16H,10-11H2,1H3,(H2,18,22,23). The molecule has 1 aromatic carbocycles. The second-order valence-electron chi connectivity index (χ2n) is 6.06. The van der Waals surface area contributed by atoms with Crippen molar-refractivity contribution in [1.82, 2.24) is 14.5 Å². The zero-order valence-electron chi connectivity index (χ0n) is 13.4. The Labute approximate surface area is 141 Å². The highest BCUT2D eigenvalue weighted by Crippen LogP contribution is 2.27. The minimum atomic E-state index is -3.56. The molecule has 0 saturated heterocycles. The van der Waals surface area contributed by atoms with Gasteiger partial charge in [-0.05, 0) is 30.0 Å². The maximum absolute atomic E-state index is 11.6. The van der Waals surface area contributed by atoms with Gasteiger partial charge in [0.2, 0.25) is 10.0 Å². The lowest BCUT2D eigenvalue weighted by Crippen LogP contribution is -2.29. The quantitative estimate of drug-likeness (QED) is 0.741. The van der Waals surface area contributed by atoms with Crippen LogP contribution in [0.4, 0.5) is 0 Å². The van der Waals surface area contributed by atoms with Crippen LogP contribution < -0.4 is 5.14 Å². The summed E-state index contributed by atoms with van der Waals surface area (Å²) in [6.45, 7) is 1.90. The Bertz CT molecular complexity index is 922. The maximum atomic E-state index is 11.6. The molecule has 0 saturated carbocycles. The first kappa shape index (κ1) is 16.6. The van der Waals surface area contributed by atoms with Crippen LogP contribution in [0.3, 0.4) is 0 Å². The molecular formula is C17H20N4O2S. The Hall–Kier alpha value is -2.25. The van der Waals surface area contributed by atoms with Gasteiger partial charge in [-0.2, -0.15) is 0 Å². The smallest absolute Gasteiger partial charge is 0.209 e. The molecule has 0 aliphatic rings. The molecule has 3 aromatic rings. The SMILES string of the molecule is CC(CS(N)(=O)=O)C(Cc1ccccc1)n1cnc2cccnc21. The molecule has 0 amide bonds. The van der Waals surface area contributed by atoms with E-state index in [0.717, 1.165) is 16.7 Å². The number of hydrogen-bond donors (Lipinski definition) is 1. The number of primary sulfonamides is 1. The van der Waals surface area contributed by atoms with E-state index in [4.69, 9.17) is 5.14 Å². The predicted molar refractivity (Wildman–Crippen MR) is 93.8 cm³/mol. The van der Waals surface area contributed by atoms with E-state index >= 15 is 0 Å². The molecule has 0 fully saturated rings. The lowest BCUT2D eigenvalue weighted by molar-refractivity contribution is 0.380. The third-order valence-electron chi connectivity index (χ3n) is 4.13. The van der Waals surface area contributed by atoms with Gasteiger partial charge in [-0.15, -0.1) is 0 Å². The molecule has 0 aliphatic carbocycles. The monoisotopic (exact) mass is 344 g/mol. The zero-order chi connectivity index (χ0) is 17.2. The van der Waals surface area contributed by atoms with Gasteiger partial charge in [-0.1, -0.05) is 37.3 Å². The average Bonchev–Trinajstić information content (AvgIpc) is 2.96. The molecule has 2 heterocycles. The molecular weight excluding hydrogens is 324 g/mol. The fraction of sp³-hybridized carbons (Fsp3) is 0.294. The minimum Gasteiger partial charge on any atom is -0.312 e. The molecule has 0 spiro atoms. The fourth-order valence-corrected chi connectivity index (χ4v) is 3.97. The number of fused-ring (bicyclic) bond motifs is 1. The second kappa shape index (κ2) is 6.70. The van der Waals surface area contributed by atoms with Gasteiger partial charge >= 0.3 is 0 Å². The van der Waals surface area contributed by atoms with Crippen LogP contribution >= 0.6 is 0 Å². The van der Waals surface area contributed by atoms with Crippen LogP contribution in [0.25, 0.3) is 11.2 Å². The number of pyridine rings is 1. The van der Waals surface area contributed by atoms with Crippen molar-refractivity contribution >= 4 is 21.2 Å². The molecule has 0 bridgehead atoms. The highest BCUT2D eigenvalue weighted by Gasteiger charge is 2.25. The Morgan fingerprint density at radius 1 is 1.12 bits per heavy atom. The molecule has 2 unspecified atom stereocenters. The van der Waals surface area contributed by atoms with Crippen LogP contribution in [0.1, 0.15) is 18.5 Å². The summed E-state index contributed by atoms with van der Waals surface area (Å²) in [6, 6.07) is 13.6. The highest BCUT2D eigenvalue weighted by molar-refractivity contribution is 7.89. The first-order valence-corrected chi connectivity index (χ1v) is 9.47. The third kappa shape index (κ3) is 3.80. The summed E-state index contributed by atoms with van der Waals surface area (Å²) in [5.41, 5.74) is 2.67. The van der Waals surface area contributed by atoms with Gasteiger partial charge in [0.25, 0.3) is 0 Å². The van der Waals surface area contributed by atoms with E-state index < -0.39 is 10.0 Å². The number of nitrogens with zero attached hydrogens (tertiary/aromatic N) is 3. The van der Waals surface area contributed by atoms with Gasteiger partial charge in [0.15, 0.2) is 5.65 Å². The van der Waals surface area contributed by atoms with Crippen molar-refractivity contribution in [1.29, 1.82) is 0 Å².